The van der Waals surface area contributed by atoms with E-state index < -0.39 is 0 Å². The number of nitrogens with two attached hydrogens (primary N) is 1. The van der Waals surface area contributed by atoms with Crippen LogP contribution in [0.2, 0.25) is 0 Å². The van der Waals surface area contributed by atoms with Crippen molar-refractivity contribution in [3.8, 4) is 0 Å². The van der Waals surface area contributed by atoms with Gasteiger partial charge in [-0.15, -0.1) is 0 Å². The first-order valence-electron chi connectivity index (χ1n) is 7.49. The van der Waals surface area contributed by atoms with Gasteiger partial charge in [0, 0.05) is 12.1 Å². The molecule has 100 valence electrons. The first-order chi connectivity index (χ1) is 8.04. The number of nitrogens with zero attached hydrogens (tertiary/aromatic N) is 1. The van der Waals surface area contributed by atoms with Crippen LogP contribution < -0.4 is 5.73 Å². The zero-order valence-corrected chi connectivity index (χ0v) is 12.0. The molecule has 1 atom stereocenters. The van der Waals surface area contributed by atoms with Gasteiger partial charge >= 0.3 is 0 Å². The van der Waals surface area contributed by atoms with Crippen molar-refractivity contribution in [1.82, 2.24) is 4.90 Å². The SMILES string of the molecule is CCC(CN)(C1CC1)N1CCCC(C)(C)CC1. The maximum Gasteiger partial charge on any atom is 0.0357 e. The van der Waals surface area contributed by atoms with Crippen LogP contribution in [0.15, 0.2) is 0 Å². The van der Waals surface area contributed by atoms with E-state index in [9.17, 15) is 0 Å². The average molecular weight is 238 g/mol. The van der Waals surface area contributed by atoms with E-state index in [2.05, 4.69) is 25.7 Å². The second-order valence-electron chi connectivity index (χ2n) is 6.94. The van der Waals surface area contributed by atoms with E-state index >= 15 is 0 Å². The van der Waals surface area contributed by atoms with Crippen LogP contribution in [0.25, 0.3) is 0 Å². The Bertz CT molecular complexity index is 252. The van der Waals surface area contributed by atoms with Crippen LogP contribution in [0.5, 0.6) is 0 Å². The molecule has 0 aromatic carbocycles. The number of likely N-dealkylation sites (tertiary alicyclic amines) is 1. The Labute approximate surface area is 107 Å². The summed E-state index contributed by atoms with van der Waals surface area (Å²) in [5, 5.41) is 0. The topological polar surface area (TPSA) is 29.3 Å². The molecule has 0 bridgehead atoms. The van der Waals surface area contributed by atoms with Crippen molar-refractivity contribution in [2.24, 2.45) is 17.1 Å². The molecule has 2 aliphatic rings. The molecule has 17 heavy (non-hydrogen) atoms. The summed E-state index contributed by atoms with van der Waals surface area (Å²) in [4.78, 5) is 2.75. The molecule has 0 radical (unpaired) electrons. The van der Waals surface area contributed by atoms with E-state index in [1.807, 2.05) is 0 Å². The molecule has 2 fully saturated rings. The molecule has 0 aromatic rings. The van der Waals surface area contributed by atoms with Gasteiger partial charge in [-0.05, 0) is 62.9 Å². The number of rotatable bonds is 4. The zero-order chi connectivity index (χ0) is 12.5. The molecule has 2 nitrogen and oxygen atoms in total. The lowest BCUT2D eigenvalue weighted by Gasteiger charge is -2.43. The van der Waals surface area contributed by atoms with Gasteiger partial charge < -0.3 is 5.73 Å². The highest BCUT2D eigenvalue weighted by molar-refractivity contribution is 5.03. The minimum atomic E-state index is 0.334. The number of hydrogen-bond acceptors (Lipinski definition) is 2. The van der Waals surface area contributed by atoms with Crippen molar-refractivity contribution < 1.29 is 0 Å². The molecule has 1 saturated carbocycles. The average Bonchev–Trinajstić information content (AvgIpc) is 3.11. The Balaban J connectivity index is 2.08. The summed E-state index contributed by atoms with van der Waals surface area (Å²) < 4.78 is 0. The molecule has 2 heteroatoms. The fraction of sp³-hybridized carbons (Fsp3) is 1.00. The van der Waals surface area contributed by atoms with E-state index in [1.165, 1.54) is 51.6 Å². The van der Waals surface area contributed by atoms with E-state index in [4.69, 9.17) is 5.73 Å². The summed E-state index contributed by atoms with van der Waals surface area (Å²) in [7, 11) is 0. The Morgan fingerprint density at radius 2 is 1.94 bits per heavy atom. The molecule has 1 heterocycles. The van der Waals surface area contributed by atoms with Crippen LogP contribution in [-0.4, -0.2) is 30.1 Å². The van der Waals surface area contributed by atoms with E-state index in [1.54, 1.807) is 0 Å². The predicted octanol–water partition coefficient (Wildman–Crippen LogP) is 3.02. The molecular formula is C15H30N2. The van der Waals surface area contributed by atoms with Crippen molar-refractivity contribution in [3.05, 3.63) is 0 Å². The lowest BCUT2D eigenvalue weighted by molar-refractivity contribution is 0.0688. The lowest BCUT2D eigenvalue weighted by Crippen LogP contribution is -2.55. The maximum absolute atomic E-state index is 6.17. The molecule has 1 aliphatic heterocycles. The highest BCUT2D eigenvalue weighted by Gasteiger charge is 2.47. The molecule has 2 N–H and O–H groups in total. The second kappa shape index (κ2) is 4.89. The van der Waals surface area contributed by atoms with Crippen molar-refractivity contribution in [2.45, 2.75) is 64.8 Å². The monoisotopic (exact) mass is 238 g/mol. The minimum absolute atomic E-state index is 0.334. The molecule has 0 aromatic heterocycles. The molecule has 0 amide bonds. The lowest BCUT2D eigenvalue weighted by atomic mass is 9.85. The van der Waals surface area contributed by atoms with Crippen LogP contribution in [0, 0.1) is 11.3 Å². The first-order valence-corrected chi connectivity index (χ1v) is 7.49. The molecule has 0 spiro atoms. The molecule has 1 aliphatic carbocycles. The Morgan fingerprint density at radius 3 is 2.47 bits per heavy atom. The van der Waals surface area contributed by atoms with Crippen molar-refractivity contribution in [2.75, 3.05) is 19.6 Å². The van der Waals surface area contributed by atoms with E-state index in [0.29, 0.717) is 11.0 Å². The van der Waals surface area contributed by atoms with Gasteiger partial charge in [-0.3, -0.25) is 4.90 Å². The van der Waals surface area contributed by atoms with E-state index in [0.717, 1.165) is 12.5 Å². The maximum atomic E-state index is 6.17. The quantitative estimate of drug-likeness (QED) is 0.816. The van der Waals surface area contributed by atoms with Gasteiger partial charge in [0.05, 0.1) is 0 Å². The summed E-state index contributed by atoms with van der Waals surface area (Å²) in [5.41, 5.74) is 7.03. The van der Waals surface area contributed by atoms with Gasteiger partial charge in [0.25, 0.3) is 0 Å². The predicted molar refractivity (Wildman–Crippen MR) is 74.0 cm³/mol. The van der Waals surface area contributed by atoms with Crippen LogP contribution >= 0.6 is 0 Å². The third kappa shape index (κ3) is 2.68. The third-order valence-electron chi connectivity index (χ3n) is 5.27. The zero-order valence-electron chi connectivity index (χ0n) is 12.0. The summed E-state index contributed by atoms with van der Waals surface area (Å²) in [5.74, 6) is 0.888. The fourth-order valence-electron chi connectivity index (χ4n) is 3.70. The summed E-state index contributed by atoms with van der Waals surface area (Å²) in [6, 6.07) is 0. The van der Waals surface area contributed by atoms with Gasteiger partial charge in [0.2, 0.25) is 0 Å². The van der Waals surface area contributed by atoms with Gasteiger partial charge in [-0.1, -0.05) is 20.8 Å². The normalized spacial score (nSPS) is 29.6. The van der Waals surface area contributed by atoms with Crippen LogP contribution in [0.3, 0.4) is 0 Å². The summed E-state index contributed by atoms with van der Waals surface area (Å²) >= 11 is 0. The van der Waals surface area contributed by atoms with Gasteiger partial charge in [0.15, 0.2) is 0 Å². The Hall–Kier alpha value is -0.0800. The highest BCUT2D eigenvalue weighted by Crippen LogP contribution is 2.46. The Morgan fingerprint density at radius 1 is 1.24 bits per heavy atom. The first kappa shape index (κ1) is 13.4. The highest BCUT2D eigenvalue weighted by atomic mass is 15.2. The van der Waals surface area contributed by atoms with Gasteiger partial charge in [-0.25, -0.2) is 0 Å². The minimum Gasteiger partial charge on any atom is -0.329 e. The third-order valence-corrected chi connectivity index (χ3v) is 5.27. The van der Waals surface area contributed by atoms with E-state index in [-0.39, 0.29) is 0 Å². The van der Waals surface area contributed by atoms with Crippen molar-refractivity contribution >= 4 is 0 Å². The van der Waals surface area contributed by atoms with Crippen molar-refractivity contribution in [3.63, 3.8) is 0 Å². The number of hydrogen-bond donors (Lipinski definition) is 1. The molecule has 1 saturated heterocycles. The fourth-order valence-corrected chi connectivity index (χ4v) is 3.70. The second-order valence-corrected chi connectivity index (χ2v) is 6.94. The van der Waals surface area contributed by atoms with Crippen LogP contribution in [0.4, 0.5) is 0 Å². The largest absolute Gasteiger partial charge is 0.329 e. The summed E-state index contributed by atoms with van der Waals surface area (Å²) in [6.07, 6.45) is 8.10. The standard InChI is InChI=1S/C15H30N2/c1-4-15(12-16,13-6-7-13)17-10-5-8-14(2,3)9-11-17/h13H,4-12,16H2,1-3H3. The molecule has 1 unspecified atom stereocenters. The Kier molecular flexibility index (Phi) is 3.84. The van der Waals surface area contributed by atoms with Crippen molar-refractivity contribution in [1.29, 1.82) is 0 Å². The van der Waals surface area contributed by atoms with Crippen LogP contribution in [-0.2, 0) is 0 Å². The van der Waals surface area contributed by atoms with Gasteiger partial charge in [-0.2, -0.15) is 0 Å². The molecule has 2 rings (SSSR count). The summed E-state index contributed by atoms with van der Waals surface area (Å²) in [6.45, 7) is 10.6. The van der Waals surface area contributed by atoms with Crippen LogP contribution in [0.1, 0.15) is 59.3 Å². The van der Waals surface area contributed by atoms with Gasteiger partial charge in [0.1, 0.15) is 0 Å². The molecular weight excluding hydrogens is 208 g/mol. The smallest absolute Gasteiger partial charge is 0.0357 e.